The van der Waals surface area contributed by atoms with E-state index >= 15 is 0 Å². The molecule has 0 saturated carbocycles. The van der Waals surface area contributed by atoms with Crippen molar-refractivity contribution >= 4 is 5.69 Å². The summed E-state index contributed by atoms with van der Waals surface area (Å²) in [5, 5.41) is 0. The summed E-state index contributed by atoms with van der Waals surface area (Å²) in [5.74, 6) is 6.80. The monoisotopic (exact) mass is 320 g/mol. The van der Waals surface area contributed by atoms with Crippen molar-refractivity contribution in [2.24, 2.45) is 11.8 Å². The van der Waals surface area contributed by atoms with Crippen molar-refractivity contribution in [3.8, 4) is 5.75 Å². The third-order valence-electron chi connectivity index (χ3n) is 2.82. The van der Waals surface area contributed by atoms with E-state index in [4.69, 9.17) is 10.6 Å². The maximum atomic E-state index is 5.69. The second kappa shape index (κ2) is 16.6. The molecule has 0 fully saturated rings. The van der Waals surface area contributed by atoms with Crippen LogP contribution in [0.1, 0.15) is 54.9 Å². The molecule has 3 nitrogen and oxygen atoms in total. The topological polar surface area (TPSA) is 47.3 Å². The standard InChI is InChI=1S/C14H18N2O.3C2H6/c1-11-2-4-12(5-3-11)10-17-14-8-6-13(16-15)7-9-14;3*1-2/h2,4-9,11,16H,3,10,15H2,1H3;3*1-2H3. The molecule has 3 heteroatoms. The van der Waals surface area contributed by atoms with Gasteiger partial charge in [0.15, 0.2) is 0 Å². The van der Waals surface area contributed by atoms with Crippen LogP contribution in [0.5, 0.6) is 5.75 Å². The number of ether oxygens (including phenoxy) is 1. The smallest absolute Gasteiger partial charge is 0.119 e. The molecular formula is C20H36N2O. The largest absolute Gasteiger partial charge is 0.489 e. The molecule has 1 aliphatic rings. The minimum absolute atomic E-state index is 0.624. The van der Waals surface area contributed by atoms with E-state index in [9.17, 15) is 0 Å². The fraction of sp³-hybridized carbons (Fsp3) is 0.500. The second-order valence-electron chi connectivity index (χ2n) is 4.31. The number of rotatable bonds is 4. The van der Waals surface area contributed by atoms with Gasteiger partial charge in [0.05, 0.1) is 0 Å². The van der Waals surface area contributed by atoms with Crippen LogP contribution in [0.2, 0.25) is 0 Å². The minimum Gasteiger partial charge on any atom is -0.489 e. The Morgan fingerprint density at radius 2 is 1.61 bits per heavy atom. The lowest BCUT2D eigenvalue weighted by atomic mass is 9.99. The van der Waals surface area contributed by atoms with Gasteiger partial charge in [0.1, 0.15) is 12.4 Å². The summed E-state index contributed by atoms with van der Waals surface area (Å²) in [6.45, 7) is 14.8. The summed E-state index contributed by atoms with van der Waals surface area (Å²) in [6.07, 6.45) is 7.70. The Morgan fingerprint density at radius 1 is 1.04 bits per heavy atom. The molecule has 0 heterocycles. The summed E-state index contributed by atoms with van der Waals surface area (Å²) < 4.78 is 5.69. The number of anilines is 1. The molecule has 0 saturated heterocycles. The molecule has 0 aromatic heterocycles. The molecule has 2 rings (SSSR count). The number of nitrogens with two attached hydrogens (primary N) is 1. The molecule has 0 bridgehead atoms. The molecule has 132 valence electrons. The van der Waals surface area contributed by atoms with Crippen LogP contribution in [0.3, 0.4) is 0 Å². The third kappa shape index (κ3) is 10.6. The van der Waals surface area contributed by atoms with E-state index in [0.717, 1.165) is 17.9 Å². The van der Waals surface area contributed by atoms with Crippen molar-refractivity contribution in [2.75, 3.05) is 12.0 Å². The molecule has 0 radical (unpaired) electrons. The Kier molecular flexibility index (Phi) is 17.0. The molecule has 0 spiro atoms. The van der Waals surface area contributed by atoms with E-state index in [2.05, 4.69) is 30.6 Å². The molecule has 1 aliphatic carbocycles. The number of allylic oxidation sites excluding steroid dienone is 2. The number of nitrogen functional groups attached to an aromatic ring is 1. The van der Waals surface area contributed by atoms with Gasteiger partial charge in [-0.2, -0.15) is 0 Å². The Labute approximate surface area is 143 Å². The van der Waals surface area contributed by atoms with Crippen molar-refractivity contribution < 1.29 is 4.74 Å². The van der Waals surface area contributed by atoms with Gasteiger partial charge in [0, 0.05) is 5.69 Å². The predicted molar refractivity (Wildman–Crippen MR) is 105 cm³/mol. The van der Waals surface area contributed by atoms with Crippen LogP contribution in [-0.4, -0.2) is 6.61 Å². The van der Waals surface area contributed by atoms with Gasteiger partial charge in [-0.05, 0) is 42.2 Å². The highest BCUT2D eigenvalue weighted by atomic mass is 16.5. The summed E-state index contributed by atoms with van der Waals surface area (Å²) in [4.78, 5) is 0. The molecule has 0 aliphatic heterocycles. The maximum Gasteiger partial charge on any atom is 0.119 e. The number of hydrogen-bond donors (Lipinski definition) is 2. The van der Waals surface area contributed by atoms with Gasteiger partial charge in [-0.1, -0.05) is 66.7 Å². The highest BCUT2D eigenvalue weighted by molar-refractivity contribution is 5.45. The normalized spacial score (nSPS) is 14.6. The Hall–Kier alpha value is -1.74. The lowest BCUT2D eigenvalue weighted by molar-refractivity contribution is 0.354. The Bertz CT molecular complexity index is 422. The fourth-order valence-electron chi connectivity index (χ4n) is 1.69. The van der Waals surface area contributed by atoms with Crippen LogP contribution in [0.25, 0.3) is 0 Å². The zero-order valence-corrected chi connectivity index (χ0v) is 16.0. The molecule has 3 N–H and O–H groups in total. The first-order chi connectivity index (χ1) is 11.3. The zero-order valence-electron chi connectivity index (χ0n) is 16.0. The molecule has 1 aromatic rings. The third-order valence-corrected chi connectivity index (χ3v) is 2.82. The van der Waals surface area contributed by atoms with Crippen LogP contribution in [0, 0.1) is 5.92 Å². The quantitative estimate of drug-likeness (QED) is 0.532. The van der Waals surface area contributed by atoms with Crippen molar-refractivity contribution in [3.63, 3.8) is 0 Å². The zero-order chi connectivity index (χ0) is 18.1. The van der Waals surface area contributed by atoms with Crippen molar-refractivity contribution in [3.05, 3.63) is 48.1 Å². The van der Waals surface area contributed by atoms with Gasteiger partial charge in [0.2, 0.25) is 0 Å². The first-order valence-corrected chi connectivity index (χ1v) is 8.84. The summed E-state index contributed by atoms with van der Waals surface area (Å²) in [7, 11) is 0. The van der Waals surface area contributed by atoms with Crippen LogP contribution in [0.15, 0.2) is 48.1 Å². The lowest BCUT2D eigenvalue weighted by Gasteiger charge is -2.13. The van der Waals surface area contributed by atoms with Gasteiger partial charge >= 0.3 is 0 Å². The van der Waals surface area contributed by atoms with Crippen LogP contribution in [0.4, 0.5) is 5.69 Å². The van der Waals surface area contributed by atoms with Crippen molar-refractivity contribution in [1.29, 1.82) is 0 Å². The molecular weight excluding hydrogens is 284 g/mol. The summed E-state index contributed by atoms with van der Waals surface area (Å²) in [6, 6.07) is 7.60. The van der Waals surface area contributed by atoms with Gasteiger partial charge in [-0.3, -0.25) is 5.84 Å². The van der Waals surface area contributed by atoms with E-state index in [-0.39, 0.29) is 0 Å². The Morgan fingerprint density at radius 3 is 2.04 bits per heavy atom. The first-order valence-electron chi connectivity index (χ1n) is 8.84. The van der Waals surface area contributed by atoms with E-state index in [1.807, 2.05) is 65.8 Å². The van der Waals surface area contributed by atoms with E-state index < -0.39 is 0 Å². The van der Waals surface area contributed by atoms with Crippen molar-refractivity contribution in [2.45, 2.75) is 54.9 Å². The van der Waals surface area contributed by atoms with Crippen LogP contribution >= 0.6 is 0 Å². The van der Waals surface area contributed by atoms with E-state index in [0.29, 0.717) is 12.5 Å². The van der Waals surface area contributed by atoms with Crippen LogP contribution in [-0.2, 0) is 0 Å². The lowest BCUT2D eigenvalue weighted by Crippen LogP contribution is -2.06. The van der Waals surface area contributed by atoms with Crippen molar-refractivity contribution in [1.82, 2.24) is 0 Å². The first kappa shape index (κ1) is 23.5. The average molecular weight is 321 g/mol. The highest BCUT2D eigenvalue weighted by Crippen LogP contribution is 2.18. The summed E-state index contributed by atoms with van der Waals surface area (Å²) >= 11 is 0. The van der Waals surface area contributed by atoms with Gasteiger partial charge in [-0.25, -0.2) is 0 Å². The second-order valence-corrected chi connectivity index (χ2v) is 4.31. The molecule has 23 heavy (non-hydrogen) atoms. The predicted octanol–water partition coefficient (Wildman–Crippen LogP) is 5.95. The minimum atomic E-state index is 0.624. The molecule has 1 atom stereocenters. The average Bonchev–Trinajstić information content (AvgIpc) is 2.66. The van der Waals surface area contributed by atoms with Gasteiger partial charge in [-0.15, -0.1) is 0 Å². The number of hydrazine groups is 1. The number of benzene rings is 1. The SMILES string of the molecule is CC.CC.CC.CC1C=CC(COc2ccc(NN)cc2)=CC1. The van der Waals surface area contributed by atoms with Crippen LogP contribution < -0.4 is 16.0 Å². The molecule has 1 unspecified atom stereocenters. The molecule has 0 amide bonds. The van der Waals surface area contributed by atoms with Gasteiger partial charge in [0.25, 0.3) is 0 Å². The number of nitrogens with one attached hydrogen (secondary N) is 1. The summed E-state index contributed by atoms with van der Waals surface area (Å²) in [5.41, 5.74) is 4.70. The van der Waals surface area contributed by atoms with Gasteiger partial charge < -0.3 is 10.2 Å². The number of hydrogen-bond acceptors (Lipinski definition) is 3. The van der Waals surface area contributed by atoms with E-state index in [1.165, 1.54) is 5.57 Å². The molecule has 1 aromatic carbocycles. The van der Waals surface area contributed by atoms with E-state index in [1.54, 1.807) is 0 Å². The maximum absolute atomic E-state index is 5.69. The highest BCUT2D eigenvalue weighted by Gasteiger charge is 2.04. The fourth-order valence-corrected chi connectivity index (χ4v) is 1.69. The Balaban J connectivity index is 0.